The minimum atomic E-state index is -0.412. The van der Waals surface area contributed by atoms with Crippen LogP contribution < -0.4 is 10.5 Å². The van der Waals surface area contributed by atoms with E-state index in [0.717, 1.165) is 31.1 Å². The van der Waals surface area contributed by atoms with E-state index in [2.05, 4.69) is 4.98 Å². The number of pyridine rings is 1. The second-order valence-electron chi connectivity index (χ2n) is 5.39. The Morgan fingerprint density at radius 1 is 1.24 bits per heavy atom. The molecule has 1 heterocycles. The number of nitro benzene ring substituents is 1. The van der Waals surface area contributed by atoms with Gasteiger partial charge in [0.2, 0.25) is 5.88 Å². The lowest BCUT2D eigenvalue weighted by Gasteiger charge is -2.28. The highest BCUT2D eigenvalue weighted by Gasteiger charge is 2.23. The van der Waals surface area contributed by atoms with Crippen LogP contribution in [0.2, 0.25) is 0 Å². The van der Waals surface area contributed by atoms with Crippen molar-refractivity contribution >= 4 is 16.6 Å². The van der Waals surface area contributed by atoms with Crippen LogP contribution in [0.3, 0.4) is 0 Å². The molecule has 1 saturated carbocycles. The number of hydrogen-bond donors (Lipinski definition) is 1. The van der Waals surface area contributed by atoms with Crippen LogP contribution in [0.25, 0.3) is 10.9 Å². The van der Waals surface area contributed by atoms with Crippen LogP contribution in [-0.2, 0) is 0 Å². The number of nitro groups is 1. The highest BCUT2D eigenvalue weighted by atomic mass is 16.6. The second kappa shape index (κ2) is 5.65. The van der Waals surface area contributed by atoms with Crippen molar-refractivity contribution in [1.82, 2.24) is 4.98 Å². The van der Waals surface area contributed by atoms with Crippen molar-refractivity contribution in [2.75, 3.05) is 0 Å². The van der Waals surface area contributed by atoms with Crippen molar-refractivity contribution < 1.29 is 9.66 Å². The van der Waals surface area contributed by atoms with Gasteiger partial charge in [-0.15, -0.1) is 0 Å². The van der Waals surface area contributed by atoms with Crippen LogP contribution in [0.4, 0.5) is 5.69 Å². The average Bonchev–Trinajstić information content (AvgIpc) is 2.49. The summed E-state index contributed by atoms with van der Waals surface area (Å²) >= 11 is 0. The first-order chi connectivity index (χ1) is 10.1. The van der Waals surface area contributed by atoms with Crippen molar-refractivity contribution in [3.8, 4) is 5.88 Å². The number of benzene rings is 1. The summed E-state index contributed by atoms with van der Waals surface area (Å²) in [5.74, 6) is 0.527. The zero-order valence-electron chi connectivity index (χ0n) is 11.6. The van der Waals surface area contributed by atoms with Gasteiger partial charge in [-0.1, -0.05) is 6.42 Å². The lowest BCUT2D eigenvalue weighted by molar-refractivity contribution is -0.384. The third-order valence-electron chi connectivity index (χ3n) is 3.88. The van der Waals surface area contributed by atoms with Crippen molar-refractivity contribution in [2.24, 2.45) is 5.73 Å². The molecule has 110 valence electrons. The van der Waals surface area contributed by atoms with E-state index in [1.165, 1.54) is 12.1 Å². The number of ether oxygens (including phenoxy) is 1. The third kappa shape index (κ3) is 2.95. The molecule has 1 aromatic carbocycles. The number of non-ortho nitro benzene ring substituents is 1. The quantitative estimate of drug-likeness (QED) is 0.692. The molecule has 0 radical (unpaired) electrons. The topological polar surface area (TPSA) is 91.3 Å². The fourth-order valence-corrected chi connectivity index (χ4v) is 2.70. The van der Waals surface area contributed by atoms with Crippen LogP contribution in [0.5, 0.6) is 5.88 Å². The smallest absolute Gasteiger partial charge is 0.270 e. The van der Waals surface area contributed by atoms with E-state index >= 15 is 0 Å². The molecular formula is C15H17N3O3. The molecule has 2 atom stereocenters. The predicted molar refractivity (Wildman–Crippen MR) is 79.3 cm³/mol. The van der Waals surface area contributed by atoms with Crippen LogP contribution in [0.15, 0.2) is 30.3 Å². The van der Waals surface area contributed by atoms with E-state index in [-0.39, 0.29) is 17.8 Å². The van der Waals surface area contributed by atoms with E-state index < -0.39 is 4.92 Å². The molecule has 0 amide bonds. The highest BCUT2D eigenvalue weighted by molar-refractivity contribution is 5.81. The van der Waals surface area contributed by atoms with Gasteiger partial charge in [0.05, 0.1) is 10.4 Å². The Labute approximate surface area is 122 Å². The molecule has 6 heteroatoms. The van der Waals surface area contributed by atoms with Gasteiger partial charge in [-0.2, -0.15) is 0 Å². The molecule has 6 nitrogen and oxygen atoms in total. The summed E-state index contributed by atoms with van der Waals surface area (Å²) in [6, 6.07) is 8.19. The summed E-state index contributed by atoms with van der Waals surface area (Å²) < 4.78 is 5.88. The lowest BCUT2D eigenvalue weighted by atomic mass is 9.93. The van der Waals surface area contributed by atoms with E-state index in [9.17, 15) is 10.1 Å². The molecule has 2 N–H and O–H groups in total. The Morgan fingerprint density at radius 3 is 2.81 bits per heavy atom. The Balaban J connectivity index is 1.84. The number of aromatic nitrogens is 1. The maximum absolute atomic E-state index is 10.8. The van der Waals surface area contributed by atoms with Crippen molar-refractivity contribution in [2.45, 2.75) is 37.8 Å². The fraction of sp³-hybridized carbons (Fsp3) is 0.400. The summed E-state index contributed by atoms with van der Waals surface area (Å²) in [6.07, 6.45) is 4.20. The molecule has 0 bridgehead atoms. The Bertz CT molecular complexity index is 674. The zero-order chi connectivity index (χ0) is 14.8. The van der Waals surface area contributed by atoms with Gasteiger partial charge in [0, 0.05) is 29.6 Å². The molecule has 1 aromatic heterocycles. The lowest BCUT2D eigenvalue weighted by Crippen LogP contribution is -2.41. The summed E-state index contributed by atoms with van der Waals surface area (Å²) in [7, 11) is 0. The van der Waals surface area contributed by atoms with E-state index in [0.29, 0.717) is 11.4 Å². The molecule has 1 fully saturated rings. The first-order valence-corrected chi connectivity index (χ1v) is 7.11. The molecule has 21 heavy (non-hydrogen) atoms. The Kier molecular flexibility index (Phi) is 3.70. The van der Waals surface area contributed by atoms with Gasteiger partial charge in [0.25, 0.3) is 5.69 Å². The molecule has 0 saturated heterocycles. The SMILES string of the molecule is NC1CCCCC1Oc1ccc2cc([N+](=O)[O-])ccc2n1. The molecule has 1 aliphatic rings. The van der Waals surface area contributed by atoms with Crippen LogP contribution in [-0.4, -0.2) is 22.1 Å². The number of rotatable bonds is 3. The fourth-order valence-electron chi connectivity index (χ4n) is 2.70. The van der Waals surface area contributed by atoms with Crippen molar-refractivity contribution in [3.63, 3.8) is 0 Å². The largest absolute Gasteiger partial charge is 0.473 e. The van der Waals surface area contributed by atoms with Crippen LogP contribution in [0.1, 0.15) is 25.7 Å². The van der Waals surface area contributed by atoms with Gasteiger partial charge >= 0.3 is 0 Å². The summed E-state index contributed by atoms with van der Waals surface area (Å²) in [5, 5.41) is 11.5. The van der Waals surface area contributed by atoms with Gasteiger partial charge in [0.1, 0.15) is 6.10 Å². The van der Waals surface area contributed by atoms with Gasteiger partial charge < -0.3 is 10.5 Å². The molecule has 0 spiro atoms. The van der Waals surface area contributed by atoms with Gasteiger partial charge in [0.15, 0.2) is 0 Å². The standard InChI is InChI=1S/C15H17N3O3/c16-12-3-1-2-4-14(12)21-15-8-5-10-9-11(18(19)20)6-7-13(10)17-15/h5-9,12,14H,1-4,16H2. The molecular weight excluding hydrogens is 270 g/mol. The maximum Gasteiger partial charge on any atom is 0.270 e. The van der Waals surface area contributed by atoms with Gasteiger partial charge in [-0.05, 0) is 31.4 Å². The molecule has 2 unspecified atom stereocenters. The van der Waals surface area contributed by atoms with Crippen LogP contribution >= 0.6 is 0 Å². The Morgan fingerprint density at radius 2 is 2.05 bits per heavy atom. The third-order valence-corrected chi connectivity index (χ3v) is 3.88. The minimum absolute atomic E-state index is 0.00162. The highest BCUT2D eigenvalue weighted by Crippen LogP contribution is 2.25. The van der Waals surface area contributed by atoms with E-state index in [1.807, 2.05) is 0 Å². The zero-order valence-corrected chi connectivity index (χ0v) is 11.6. The maximum atomic E-state index is 10.8. The summed E-state index contributed by atoms with van der Waals surface area (Å²) in [5.41, 5.74) is 6.81. The number of nitrogens with zero attached hydrogens (tertiary/aromatic N) is 2. The Hall–Kier alpha value is -2.21. The number of nitrogens with two attached hydrogens (primary N) is 1. The van der Waals surface area contributed by atoms with Crippen molar-refractivity contribution in [1.29, 1.82) is 0 Å². The number of hydrogen-bond acceptors (Lipinski definition) is 5. The second-order valence-corrected chi connectivity index (χ2v) is 5.39. The van der Waals surface area contributed by atoms with E-state index in [4.69, 9.17) is 10.5 Å². The minimum Gasteiger partial charge on any atom is -0.473 e. The molecule has 2 aromatic rings. The molecule has 0 aliphatic heterocycles. The van der Waals surface area contributed by atoms with Gasteiger partial charge in [-0.3, -0.25) is 10.1 Å². The molecule has 1 aliphatic carbocycles. The van der Waals surface area contributed by atoms with E-state index in [1.54, 1.807) is 18.2 Å². The summed E-state index contributed by atoms with van der Waals surface area (Å²) in [6.45, 7) is 0. The molecule has 3 rings (SSSR count). The average molecular weight is 287 g/mol. The monoisotopic (exact) mass is 287 g/mol. The summed E-state index contributed by atoms with van der Waals surface area (Å²) in [4.78, 5) is 14.7. The predicted octanol–water partition coefficient (Wildman–Crippen LogP) is 2.79. The normalized spacial score (nSPS) is 22.1. The van der Waals surface area contributed by atoms with Crippen LogP contribution in [0, 0.1) is 10.1 Å². The first kappa shape index (κ1) is 13.8. The first-order valence-electron chi connectivity index (χ1n) is 7.11. The number of fused-ring (bicyclic) bond motifs is 1. The van der Waals surface area contributed by atoms with Gasteiger partial charge in [-0.25, -0.2) is 4.98 Å². The van der Waals surface area contributed by atoms with Crippen molar-refractivity contribution in [3.05, 3.63) is 40.4 Å².